The first-order chi connectivity index (χ1) is 12.7. The van der Waals surface area contributed by atoms with Crippen molar-refractivity contribution in [3.05, 3.63) is 22.2 Å². The predicted octanol–water partition coefficient (Wildman–Crippen LogP) is 3.78. The summed E-state index contributed by atoms with van der Waals surface area (Å²) in [6.45, 7) is 5.91. The lowest BCUT2D eigenvalue weighted by molar-refractivity contribution is -0.00211. The molecule has 7 nitrogen and oxygen atoms in total. The zero-order valence-electron chi connectivity index (χ0n) is 15.6. The van der Waals surface area contributed by atoms with E-state index in [1.54, 1.807) is 39.4 Å². The molecule has 1 atom stereocenters. The van der Waals surface area contributed by atoms with Gasteiger partial charge in [-0.2, -0.15) is 0 Å². The van der Waals surface area contributed by atoms with E-state index in [0.29, 0.717) is 25.3 Å². The fraction of sp³-hybridized carbons (Fsp3) is 0.556. The first-order valence-corrected chi connectivity index (χ1v) is 9.90. The molecule has 1 unspecified atom stereocenters. The monoisotopic (exact) mass is 487 g/mol. The molecule has 0 aliphatic carbocycles. The highest BCUT2D eigenvalue weighted by Gasteiger charge is 2.38. The predicted molar refractivity (Wildman–Crippen MR) is 109 cm³/mol. The van der Waals surface area contributed by atoms with E-state index in [0.717, 1.165) is 14.5 Å². The molecule has 146 valence electrons. The summed E-state index contributed by atoms with van der Waals surface area (Å²) in [5.74, 6) is 0.359. The van der Waals surface area contributed by atoms with Gasteiger partial charge in [-0.1, -0.05) is 0 Å². The molecule has 0 saturated carbocycles. The molecule has 27 heavy (non-hydrogen) atoms. The summed E-state index contributed by atoms with van der Waals surface area (Å²) in [5.41, 5.74) is -1.38. The summed E-state index contributed by atoms with van der Waals surface area (Å²) < 4.78 is 21.6. The normalized spacial score (nSPS) is 20.6. The number of alkyl halides is 1. The average molecular weight is 487 g/mol. The van der Waals surface area contributed by atoms with E-state index in [-0.39, 0.29) is 13.1 Å². The van der Waals surface area contributed by atoms with Crippen molar-refractivity contribution in [2.75, 3.05) is 25.0 Å². The molecule has 1 fully saturated rings. The van der Waals surface area contributed by atoms with Crippen molar-refractivity contribution in [3.63, 3.8) is 0 Å². The Morgan fingerprint density at radius 2 is 2.19 bits per heavy atom. The average Bonchev–Trinajstić information content (AvgIpc) is 2.59. The summed E-state index contributed by atoms with van der Waals surface area (Å²) in [6, 6.07) is 0. The van der Waals surface area contributed by atoms with Gasteiger partial charge in [0, 0.05) is 30.5 Å². The van der Waals surface area contributed by atoms with Gasteiger partial charge in [-0.05, 0) is 56.2 Å². The minimum absolute atomic E-state index is 0.00997. The number of halogens is 2. The number of carbonyl (C=O) groups is 1. The highest BCUT2D eigenvalue weighted by molar-refractivity contribution is 14.1. The lowest BCUT2D eigenvalue weighted by atomic mass is 9.95. The molecule has 1 aliphatic heterocycles. The zero-order chi connectivity index (χ0) is 19.7. The van der Waals surface area contributed by atoms with Crippen LogP contribution in [0.2, 0.25) is 0 Å². The number of ether oxygens (including phenoxy) is 1. The number of amides is 1. The van der Waals surface area contributed by atoms with Crippen LogP contribution in [0.25, 0.3) is 10.9 Å². The Morgan fingerprint density at radius 3 is 2.93 bits per heavy atom. The number of rotatable bonds is 3. The molecule has 3 rings (SSSR count). The third kappa shape index (κ3) is 5.14. The smallest absolute Gasteiger partial charge is 0.410 e. The molecule has 0 radical (unpaired) electrons. The van der Waals surface area contributed by atoms with E-state index in [4.69, 9.17) is 4.74 Å². The number of fused-ring (bicyclic) bond motifs is 1. The van der Waals surface area contributed by atoms with Crippen molar-refractivity contribution in [3.8, 4) is 0 Å². The number of nitrogens with one attached hydrogen (secondary N) is 1. The van der Waals surface area contributed by atoms with Gasteiger partial charge in [0.15, 0.2) is 0 Å². The van der Waals surface area contributed by atoms with Crippen molar-refractivity contribution in [2.24, 2.45) is 0 Å². The van der Waals surface area contributed by atoms with Crippen LogP contribution in [0.3, 0.4) is 0 Å². The molecule has 2 aromatic rings. The number of hydrogen-bond donors (Lipinski definition) is 1. The van der Waals surface area contributed by atoms with Gasteiger partial charge in [-0.3, -0.25) is 4.98 Å². The molecule has 2 aromatic heterocycles. The summed E-state index contributed by atoms with van der Waals surface area (Å²) in [4.78, 5) is 26.5. The second kappa shape index (κ2) is 7.69. The highest BCUT2D eigenvalue weighted by atomic mass is 127. The maximum absolute atomic E-state index is 15.3. The fourth-order valence-electron chi connectivity index (χ4n) is 2.96. The van der Waals surface area contributed by atoms with Gasteiger partial charge in [-0.15, -0.1) is 0 Å². The number of pyridine rings is 1. The van der Waals surface area contributed by atoms with Crippen molar-refractivity contribution in [1.82, 2.24) is 19.9 Å². The van der Waals surface area contributed by atoms with E-state index in [2.05, 4.69) is 42.9 Å². The minimum atomic E-state index is -1.56. The van der Waals surface area contributed by atoms with E-state index in [1.807, 2.05) is 0 Å². The van der Waals surface area contributed by atoms with E-state index in [9.17, 15) is 4.79 Å². The molecule has 0 aromatic carbocycles. The summed E-state index contributed by atoms with van der Waals surface area (Å²) in [7, 11) is 0. The van der Waals surface area contributed by atoms with Crippen LogP contribution < -0.4 is 5.32 Å². The second-order valence-corrected chi connectivity index (χ2v) is 8.92. The Morgan fingerprint density at radius 1 is 1.41 bits per heavy atom. The van der Waals surface area contributed by atoms with Crippen LogP contribution in [0.5, 0.6) is 0 Å². The molecular weight excluding hydrogens is 464 g/mol. The van der Waals surface area contributed by atoms with Gasteiger partial charge in [0.25, 0.3) is 0 Å². The fourth-order valence-corrected chi connectivity index (χ4v) is 3.55. The number of nitrogens with zero attached hydrogens (tertiary/aromatic N) is 4. The number of piperidine rings is 1. The molecule has 0 spiro atoms. The van der Waals surface area contributed by atoms with Gasteiger partial charge < -0.3 is 15.0 Å². The third-order valence-electron chi connectivity index (χ3n) is 4.19. The summed E-state index contributed by atoms with van der Waals surface area (Å²) in [5, 5.41) is 3.81. The van der Waals surface area contributed by atoms with E-state index < -0.39 is 17.4 Å². The molecule has 1 amide bonds. The van der Waals surface area contributed by atoms with Crippen LogP contribution >= 0.6 is 22.6 Å². The van der Waals surface area contributed by atoms with Gasteiger partial charge in [0.2, 0.25) is 5.95 Å². The Balaban J connectivity index is 1.66. The number of anilines is 1. The standard InChI is InChI=1S/C18H23FIN5O2/c1-17(2,3)27-16(26)25-6-4-5-18(19,11-25)10-23-15-22-8-12-7-21-9-13(20)14(12)24-15/h7-9H,4-6,10-11H2,1-3H3,(H,22,23,24). The van der Waals surface area contributed by atoms with Crippen LogP contribution in [0, 0.1) is 3.57 Å². The molecule has 3 heterocycles. The first-order valence-electron chi connectivity index (χ1n) is 8.82. The van der Waals surface area contributed by atoms with Gasteiger partial charge in [0.1, 0.15) is 11.3 Å². The van der Waals surface area contributed by atoms with Crippen molar-refractivity contribution >= 4 is 45.5 Å². The van der Waals surface area contributed by atoms with Crippen molar-refractivity contribution in [2.45, 2.75) is 44.9 Å². The maximum Gasteiger partial charge on any atom is 0.410 e. The lowest BCUT2D eigenvalue weighted by Crippen LogP contribution is -2.52. The molecule has 1 saturated heterocycles. The van der Waals surface area contributed by atoms with Gasteiger partial charge in [0.05, 0.1) is 22.2 Å². The van der Waals surface area contributed by atoms with Crippen molar-refractivity contribution in [1.29, 1.82) is 0 Å². The van der Waals surface area contributed by atoms with Gasteiger partial charge in [-0.25, -0.2) is 19.2 Å². The Labute approximate surface area is 171 Å². The van der Waals surface area contributed by atoms with E-state index in [1.165, 1.54) is 4.90 Å². The van der Waals surface area contributed by atoms with Crippen LogP contribution in [-0.4, -0.2) is 56.8 Å². The summed E-state index contributed by atoms with van der Waals surface area (Å²) >= 11 is 2.16. The zero-order valence-corrected chi connectivity index (χ0v) is 17.8. The molecule has 1 N–H and O–H groups in total. The van der Waals surface area contributed by atoms with Crippen LogP contribution in [0.15, 0.2) is 18.6 Å². The number of carbonyl (C=O) groups excluding carboxylic acids is 1. The minimum Gasteiger partial charge on any atom is -0.444 e. The SMILES string of the molecule is CC(C)(C)OC(=O)N1CCCC(F)(CNc2ncc3cncc(I)c3n2)C1. The number of likely N-dealkylation sites (tertiary alicyclic amines) is 1. The largest absolute Gasteiger partial charge is 0.444 e. The molecular formula is C18H23FIN5O2. The Hall–Kier alpha value is -1.78. The maximum atomic E-state index is 15.3. The van der Waals surface area contributed by atoms with Crippen LogP contribution in [0.1, 0.15) is 33.6 Å². The van der Waals surface area contributed by atoms with E-state index >= 15 is 4.39 Å². The molecule has 0 bridgehead atoms. The van der Waals surface area contributed by atoms with Crippen LogP contribution in [0.4, 0.5) is 15.1 Å². The topological polar surface area (TPSA) is 80.2 Å². The summed E-state index contributed by atoms with van der Waals surface area (Å²) in [6.07, 6.45) is 5.55. The number of hydrogen-bond acceptors (Lipinski definition) is 6. The molecule has 9 heteroatoms. The van der Waals surface area contributed by atoms with Crippen molar-refractivity contribution < 1.29 is 13.9 Å². The first kappa shape index (κ1) is 20.0. The highest BCUT2D eigenvalue weighted by Crippen LogP contribution is 2.27. The lowest BCUT2D eigenvalue weighted by Gasteiger charge is -2.38. The van der Waals surface area contributed by atoms with Gasteiger partial charge >= 0.3 is 6.09 Å². The quantitative estimate of drug-likeness (QED) is 0.664. The molecule has 1 aliphatic rings. The second-order valence-electron chi connectivity index (χ2n) is 7.76. The Kier molecular flexibility index (Phi) is 5.68. The Bertz CT molecular complexity index is 844. The third-order valence-corrected chi connectivity index (χ3v) is 4.98. The number of aromatic nitrogens is 3. The van der Waals surface area contributed by atoms with Crippen LogP contribution in [-0.2, 0) is 4.74 Å².